The van der Waals surface area contributed by atoms with Gasteiger partial charge in [-0.25, -0.2) is 4.79 Å². The molecule has 3 N–H and O–H groups in total. The van der Waals surface area contributed by atoms with Gasteiger partial charge in [0.1, 0.15) is 0 Å². The van der Waals surface area contributed by atoms with Crippen molar-refractivity contribution < 1.29 is 19.4 Å². The molecule has 98 valence electrons. The molecule has 0 spiro atoms. The summed E-state index contributed by atoms with van der Waals surface area (Å²) < 4.78 is 5.07. The zero-order valence-corrected chi connectivity index (χ0v) is 10.3. The van der Waals surface area contributed by atoms with E-state index in [1.54, 1.807) is 0 Å². The largest absolute Gasteiger partial charge is 0.480 e. The molecule has 0 aromatic carbocycles. The van der Waals surface area contributed by atoms with E-state index in [2.05, 4.69) is 0 Å². The summed E-state index contributed by atoms with van der Waals surface area (Å²) in [6.07, 6.45) is 0.558. The molecule has 1 heterocycles. The van der Waals surface area contributed by atoms with E-state index in [9.17, 15) is 9.59 Å². The molecule has 1 fully saturated rings. The van der Waals surface area contributed by atoms with Crippen LogP contribution in [0.5, 0.6) is 0 Å². The minimum atomic E-state index is -1.05. The molecule has 1 unspecified atom stereocenters. The Morgan fingerprint density at radius 3 is 2.71 bits per heavy atom. The molecule has 1 aliphatic heterocycles. The SMILES string of the molecule is CC(C)C[C@H](N)C(=O)N1CCOCC1C(=O)O. The summed E-state index contributed by atoms with van der Waals surface area (Å²) in [6, 6.07) is -1.54. The fraction of sp³-hybridized carbons (Fsp3) is 0.818. The fourth-order valence-corrected chi connectivity index (χ4v) is 1.89. The van der Waals surface area contributed by atoms with E-state index in [1.165, 1.54) is 4.90 Å². The second kappa shape index (κ2) is 5.97. The van der Waals surface area contributed by atoms with Crippen molar-refractivity contribution in [2.24, 2.45) is 11.7 Å². The lowest BCUT2D eigenvalue weighted by Gasteiger charge is -2.34. The van der Waals surface area contributed by atoms with E-state index >= 15 is 0 Å². The minimum absolute atomic E-state index is 0.0372. The van der Waals surface area contributed by atoms with Crippen molar-refractivity contribution in [1.82, 2.24) is 4.90 Å². The second-order valence-corrected chi connectivity index (χ2v) is 4.70. The number of amides is 1. The van der Waals surface area contributed by atoms with Crippen LogP contribution in [0.2, 0.25) is 0 Å². The van der Waals surface area contributed by atoms with Crippen LogP contribution < -0.4 is 5.73 Å². The highest BCUT2D eigenvalue weighted by Gasteiger charge is 2.34. The number of hydrogen-bond acceptors (Lipinski definition) is 4. The highest BCUT2D eigenvalue weighted by Crippen LogP contribution is 2.12. The van der Waals surface area contributed by atoms with Crippen molar-refractivity contribution in [3.8, 4) is 0 Å². The number of carbonyl (C=O) groups excluding carboxylic acids is 1. The van der Waals surface area contributed by atoms with Gasteiger partial charge in [0.05, 0.1) is 19.3 Å². The van der Waals surface area contributed by atoms with Crippen molar-refractivity contribution in [3.63, 3.8) is 0 Å². The summed E-state index contributed by atoms with van der Waals surface area (Å²) >= 11 is 0. The Labute approximate surface area is 101 Å². The van der Waals surface area contributed by atoms with Gasteiger partial charge in [-0.15, -0.1) is 0 Å². The summed E-state index contributed by atoms with van der Waals surface area (Å²) in [4.78, 5) is 24.3. The van der Waals surface area contributed by atoms with Gasteiger partial charge in [0.15, 0.2) is 6.04 Å². The van der Waals surface area contributed by atoms with E-state index in [1.807, 2.05) is 13.8 Å². The van der Waals surface area contributed by atoms with E-state index in [0.29, 0.717) is 25.5 Å². The van der Waals surface area contributed by atoms with Gasteiger partial charge in [0.25, 0.3) is 0 Å². The van der Waals surface area contributed by atoms with Crippen LogP contribution in [0.3, 0.4) is 0 Å². The molecule has 0 radical (unpaired) electrons. The number of ether oxygens (including phenoxy) is 1. The first-order chi connectivity index (χ1) is 7.93. The Hall–Kier alpha value is -1.14. The molecule has 0 bridgehead atoms. The molecule has 1 aliphatic rings. The molecule has 6 nitrogen and oxygen atoms in total. The Kier molecular flexibility index (Phi) is 4.89. The Morgan fingerprint density at radius 1 is 1.53 bits per heavy atom. The molecule has 1 saturated heterocycles. The van der Waals surface area contributed by atoms with Crippen molar-refractivity contribution in [2.45, 2.75) is 32.4 Å². The highest BCUT2D eigenvalue weighted by molar-refractivity contribution is 5.87. The van der Waals surface area contributed by atoms with Crippen LogP contribution in [0, 0.1) is 5.92 Å². The topological polar surface area (TPSA) is 92.9 Å². The average Bonchev–Trinajstić information content (AvgIpc) is 2.27. The Bertz CT molecular complexity index is 293. The number of rotatable bonds is 4. The lowest BCUT2D eigenvalue weighted by atomic mass is 10.0. The smallest absolute Gasteiger partial charge is 0.328 e. The molecule has 0 aliphatic carbocycles. The zero-order valence-electron chi connectivity index (χ0n) is 10.3. The van der Waals surface area contributed by atoms with Crippen molar-refractivity contribution >= 4 is 11.9 Å². The molecule has 1 rings (SSSR count). The van der Waals surface area contributed by atoms with Gasteiger partial charge in [-0.2, -0.15) is 0 Å². The highest BCUT2D eigenvalue weighted by atomic mass is 16.5. The number of nitrogens with two attached hydrogens (primary N) is 1. The maximum atomic E-state index is 12.0. The Balaban J connectivity index is 2.67. The molecule has 0 saturated carbocycles. The quantitative estimate of drug-likeness (QED) is 0.706. The van der Waals surface area contributed by atoms with Crippen LogP contribution in [0.4, 0.5) is 0 Å². The first-order valence-corrected chi connectivity index (χ1v) is 5.80. The third-order valence-corrected chi connectivity index (χ3v) is 2.74. The van der Waals surface area contributed by atoms with Crippen molar-refractivity contribution in [3.05, 3.63) is 0 Å². The van der Waals surface area contributed by atoms with Gasteiger partial charge in [0, 0.05) is 6.54 Å². The van der Waals surface area contributed by atoms with Crippen molar-refractivity contribution in [2.75, 3.05) is 19.8 Å². The van der Waals surface area contributed by atoms with Crippen molar-refractivity contribution in [1.29, 1.82) is 0 Å². The standard InChI is InChI=1S/C11H20N2O4/c1-7(2)5-8(12)10(14)13-3-4-17-6-9(13)11(15)16/h7-9H,3-6,12H2,1-2H3,(H,15,16)/t8-,9?/m0/s1. The maximum absolute atomic E-state index is 12.0. The maximum Gasteiger partial charge on any atom is 0.328 e. The number of carboxylic acids is 1. The molecular formula is C11H20N2O4. The van der Waals surface area contributed by atoms with Gasteiger partial charge < -0.3 is 20.5 Å². The van der Waals surface area contributed by atoms with Crippen LogP contribution in [0.15, 0.2) is 0 Å². The second-order valence-electron chi connectivity index (χ2n) is 4.70. The van der Waals surface area contributed by atoms with Gasteiger partial charge in [-0.1, -0.05) is 13.8 Å². The Morgan fingerprint density at radius 2 is 2.18 bits per heavy atom. The molecule has 17 heavy (non-hydrogen) atoms. The van der Waals surface area contributed by atoms with Gasteiger partial charge in [-0.3, -0.25) is 4.79 Å². The first kappa shape index (κ1) is 13.9. The summed E-state index contributed by atoms with van der Waals surface area (Å²) in [7, 11) is 0. The van der Waals surface area contributed by atoms with E-state index < -0.39 is 18.1 Å². The third kappa shape index (κ3) is 3.67. The lowest BCUT2D eigenvalue weighted by molar-refractivity contribution is -0.159. The molecule has 1 amide bonds. The zero-order chi connectivity index (χ0) is 13.0. The summed E-state index contributed by atoms with van der Waals surface area (Å²) in [6.45, 7) is 4.64. The molecule has 0 aromatic rings. The number of hydrogen-bond donors (Lipinski definition) is 2. The van der Waals surface area contributed by atoms with E-state index in [-0.39, 0.29) is 12.5 Å². The van der Waals surface area contributed by atoms with Gasteiger partial charge in [-0.05, 0) is 12.3 Å². The first-order valence-electron chi connectivity index (χ1n) is 5.80. The number of aliphatic carboxylic acids is 1. The van der Waals surface area contributed by atoms with Crippen LogP contribution in [-0.4, -0.2) is 53.7 Å². The molecular weight excluding hydrogens is 224 g/mol. The molecule has 2 atom stereocenters. The summed E-state index contributed by atoms with van der Waals surface area (Å²) in [5.74, 6) is -1.04. The van der Waals surface area contributed by atoms with Crippen LogP contribution in [-0.2, 0) is 14.3 Å². The van der Waals surface area contributed by atoms with Crippen LogP contribution in [0.25, 0.3) is 0 Å². The normalized spacial score (nSPS) is 22.6. The van der Waals surface area contributed by atoms with Gasteiger partial charge >= 0.3 is 5.97 Å². The van der Waals surface area contributed by atoms with E-state index in [4.69, 9.17) is 15.6 Å². The predicted molar refractivity (Wildman–Crippen MR) is 61.4 cm³/mol. The van der Waals surface area contributed by atoms with Crippen LogP contribution >= 0.6 is 0 Å². The van der Waals surface area contributed by atoms with E-state index in [0.717, 1.165) is 0 Å². The lowest BCUT2D eigenvalue weighted by Crippen LogP contribution is -2.57. The van der Waals surface area contributed by atoms with Crippen LogP contribution in [0.1, 0.15) is 20.3 Å². The minimum Gasteiger partial charge on any atom is -0.480 e. The monoisotopic (exact) mass is 244 g/mol. The van der Waals surface area contributed by atoms with Gasteiger partial charge in [0.2, 0.25) is 5.91 Å². The number of morpholine rings is 1. The average molecular weight is 244 g/mol. The summed E-state index contributed by atoms with van der Waals surface area (Å²) in [5.41, 5.74) is 5.79. The molecule has 0 aromatic heterocycles. The number of carbonyl (C=O) groups is 2. The fourth-order valence-electron chi connectivity index (χ4n) is 1.89. The third-order valence-electron chi connectivity index (χ3n) is 2.74. The summed E-state index contributed by atoms with van der Waals surface area (Å²) in [5, 5.41) is 9.01. The number of carboxylic acid groups (broad SMARTS) is 1. The predicted octanol–water partition coefficient (Wildman–Crippen LogP) is -0.328. The molecule has 6 heteroatoms. The number of nitrogens with zero attached hydrogens (tertiary/aromatic N) is 1.